The molecule has 2 aromatic carbocycles. The number of hydrogen-bond acceptors (Lipinski definition) is 4. The summed E-state index contributed by atoms with van der Waals surface area (Å²) in [6, 6.07) is 16.2. The molecule has 3 aliphatic rings. The van der Waals surface area contributed by atoms with Crippen LogP contribution >= 0.6 is 11.8 Å². The van der Waals surface area contributed by atoms with Gasteiger partial charge in [0.05, 0.1) is 16.2 Å². The van der Waals surface area contributed by atoms with Crippen molar-refractivity contribution in [2.45, 2.75) is 38.1 Å². The van der Waals surface area contributed by atoms with E-state index in [1.807, 2.05) is 35.2 Å². The Hall–Kier alpha value is -2.86. The summed E-state index contributed by atoms with van der Waals surface area (Å²) >= 11 is 0.806. The maximum absolute atomic E-state index is 13.5. The van der Waals surface area contributed by atoms with Gasteiger partial charge in [0.15, 0.2) is 0 Å². The minimum absolute atomic E-state index is 0.194. The van der Waals surface area contributed by atoms with E-state index in [9.17, 15) is 14.4 Å². The number of carbonyl (C=O) groups excluding carboxylic acids is 3. The molecule has 2 aromatic rings. The van der Waals surface area contributed by atoms with Gasteiger partial charge in [0.2, 0.25) is 0 Å². The van der Waals surface area contributed by atoms with Crippen molar-refractivity contribution in [1.29, 1.82) is 0 Å². The first-order valence-corrected chi connectivity index (χ1v) is 10.4. The highest BCUT2D eigenvalue weighted by atomic mass is 32.2. The summed E-state index contributed by atoms with van der Waals surface area (Å²) in [5.41, 5.74) is 3.44. The summed E-state index contributed by atoms with van der Waals surface area (Å²) in [5.74, 6) is -0.704. The lowest BCUT2D eigenvalue weighted by Gasteiger charge is -2.49. The summed E-state index contributed by atoms with van der Waals surface area (Å²) in [5, 5.41) is 1.84. The van der Waals surface area contributed by atoms with Crippen LogP contribution in [0.25, 0.3) is 5.57 Å². The average Bonchev–Trinajstić information content (AvgIpc) is 3.16. The quantitative estimate of drug-likeness (QED) is 0.723. The number of imide groups is 1. The number of rotatable bonds is 1. The fourth-order valence-electron chi connectivity index (χ4n) is 5.14. The molecule has 0 aliphatic carbocycles. The molecule has 3 amide bonds. The van der Waals surface area contributed by atoms with Gasteiger partial charge < -0.3 is 4.90 Å². The Morgan fingerprint density at radius 1 is 0.966 bits per heavy atom. The van der Waals surface area contributed by atoms with E-state index < -0.39 is 16.7 Å². The molecule has 146 valence electrons. The zero-order valence-corrected chi connectivity index (χ0v) is 17.2. The molecule has 0 aromatic heterocycles. The number of nitrogens with one attached hydrogen (secondary N) is 1. The summed E-state index contributed by atoms with van der Waals surface area (Å²) in [4.78, 5) is 39.7. The molecule has 5 rings (SSSR count). The first-order valence-electron chi connectivity index (χ1n) is 9.55. The molecule has 1 saturated heterocycles. The van der Waals surface area contributed by atoms with E-state index in [1.54, 1.807) is 0 Å². The van der Waals surface area contributed by atoms with Crippen LogP contribution in [0.2, 0.25) is 0 Å². The van der Waals surface area contributed by atoms with Gasteiger partial charge in [-0.2, -0.15) is 0 Å². The van der Waals surface area contributed by atoms with Crippen LogP contribution < -0.4 is 10.2 Å². The van der Waals surface area contributed by atoms with Crippen molar-refractivity contribution in [1.82, 2.24) is 5.32 Å². The third-order valence-corrected chi connectivity index (χ3v) is 7.07. The molecule has 1 N–H and O–H groups in total. The average molecular weight is 404 g/mol. The molecule has 3 heterocycles. The second-order valence-corrected chi connectivity index (χ2v) is 9.56. The molecule has 1 atom stereocenters. The normalized spacial score (nSPS) is 27.3. The van der Waals surface area contributed by atoms with E-state index in [1.165, 1.54) is 5.56 Å². The second-order valence-electron chi connectivity index (χ2n) is 8.58. The van der Waals surface area contributed by atoms with Crippen LogP contribution in [0.1, 0.15) is 43.9 Å². The van der Waals surface area contributed by atoms with Gasteiger partial charge in [-0.25, -0.2) is 0 Å². The lowest BCUT2D eigenvalue weighted by atomic mass is 9.65. The number of anilines is 1. The number of amides is 3. The van der Waals surface area contributed by atoms with Crippen LogP contribution in [-0.2, 0) is 15.0 Å². The van der Waals surface area contributed by atoms with Crippen LogP contribution in [-0.4, -0.2) is 22.6 Å². The highest BCUT2D eigenvalue weighted by Crippen LogP contribution is 2.57. The van der Waals surface area contributed by atoms with Crippen molar-refractivity contribution in [2.75, 3.05) is 4.90 Å². The van der Waals surface area contributed by atoms with Gasteiger partial charge in [-0.15, -0.1) is 0 Å². The Balaban J connectivity index is 1.82. The summed E-state index contributed by atoms with van der Waals surface area (Å²) in [6.07, 6.45) is 0.743. The molecular weight excluding hydrogens is 384 g/mol. The highest BCUT2D eigenvalue weighted by molar-refractivity contribution is 8.18. The van der Waals surface area contributed by atoms with Gasteiger partial charge >= 0.3 is 0 Å². The van der Waals surface area contributed by atoms with Crippen LogP contribution in [0.15, 0.2) is 53.4 Å². The Bertz CT molecular complexity index is 1140. The number of benzene rings is 2. The number of hydrogen-bond donors (Lipinski definition) is 1. The van der Waals surface area contributed by atoms with E-state index in [0.29, 0.717) is 5.57 Å². The highest BCUT2D eigenvalue weighted by Gasteiger charge is 2.53. The fraction of sp³-hybridized carbons (Fsp3) is 0.261. The molecule has 3 aliphatic heterocycles. The predicted octanol–water partition coefficient (Wildman–Crippen LogP) is 4.22. The Labute approximate surface area is 173 Å². The number of carbonyl (C=O) groups is 3. The zero-order chi connectivity index (χ0) is 20.6. The van der Waals surface area contributed by atoms with Crippen molar-refractivity contribution < 1.29 is 14.4 Å². The van der Waals surface area contributed by atoms with Gasteiger partial charge in [-0.3, -0.25) is 19.7 Å². The minimum Gasteiger partial charge on any atom is -0.302 e. The van der Waals surface area contributed by atoms with Crippen molar-refractivity contribution in [2.24, 2.45) is 0 Å². The maximum Gasteiger partial charge on any atom is 0.290 e. The zero-order valence-electron chi connectivity index (χ0n) is 16.4. The van der Waals surface area contributed by atoms with Crippen LogP contribution in [0.5, 0.6) is 0 Å². The SMILES string of the molecule is CC1(C)C[C@](C)(c2ccccc2)c2cccc3c2N1C(=O)/C3=C1/SC(=O)NC1=O. The first-order chi connectivity index (χ1) is 13.7. The summed E-state index contributed by atoms with van der Waals surface area (Å²) in [6.45, 7) is 6.34. The molecule has 6 heteroatoms. The van der Waals surface area contributed by atoms with E-state index in [-0.39, 0.29) is 16.2 Å². The standard InChI is InChI=1S/C23H20N2O3S/c1-22(2)12-23(3,13-8-5-4-6-9-13)15-11-7-10-14-16(20(27)25(22)17(14)15)18-19(26)24-21(28)29-18/h4-11H,12H2,1-3H3,(H,24,26,28)/b18-16+/t23-/m1/s1. The van der Waals surface area contributed by atoms with Crippen LogP contribution in [0.4, 0.5) is 10.5 Å². The smallest absolute Gasteiger partial charge is 0.290 e. The Morgan fingerprint density at radius 2 is 1.69 bits per heavy atom. The fourth-order valence-corrected chi connectivity index (χ4v) is 5.91. The topological polar surface area (TPSA) is 66.5 Å². The molecule has 0 spiro atoms. The number of nitrogens with zero attached hydrogens (tertiary/aromatic N) is 1. The van der Waals surface area contributed by atoms with E-state index in [0.717, 1.165) is 35.0 Å². The molecular formula is C23H20N2O3S. The van der Waals surface area contributed by atoms with E-state index in [2.05, 4.69) is 44.3 Å². The molecule has 1 fully saturated rings. The molecule has 29 heavy (non-hydrogen) atoms. The third-order valence-electron chi connectivity index (χ3n) is 6.19. The molecule has 0 bridgehead atoms. The molecule has 5 nitrogen and oxygen atoms in total. The Morgan fingerprint density at radius 3 is 2.34 bits per heavy atom. The van der Waals surface area contributed by atoms with E-state index in [4.69, 9.17) is 0 Å². The van der Waals surface area contributed by atoms with Crippen LogP contribution in [0, 0.1) is 0 Å². The van der Waals surface area contributed by atoms with Crippen LogP contribution in [0.3, 0.4) is 0 Å². The lowest BCUT2D eigenvalue weighted by molar-refractivity contribution is -0.116. The van der Waals surface area contributed by atoms with Gasteiger partial charge in [-0.1, -0.05) is 55.5 Å². The van der Waals surface area contributed by atoms with Crippen molar-refractivity contribution in [3.8, 4) is 0 Å². The second kappa shape index (κ2) is 5.83. The number of thioether (sulfide) groups is 1. The van der Waals surface area contributed by atoms with Gasteiger partial charge in [0.1, 0.15) is 0 Å². The van der Waals surface area contributed by atoms with E-state index >= 15 is 0 Å². The van der Waals surface area contributed by atoms with Gasteiger partial charge in [0, 0.05) is 16.5 Å². The minimum atomic E-state index is -0.496. The largest absolute Gasteiger partial charge is 0.302 e. The summed E-state index contributed by atoms with van der Waals surface area (Å²) < 4.78 is 0. The monoisotopic (exact) mass is 404 g/mol. The Kier molecular flexibility index (Phi) is 3.65. The van der Waals surface area contributed by atoms with Gasteiger partial charge in [-0.05, 0) is 43.2 Å². The van der Waals surface area contributed by atoms with Gasteiger partial charge in [0.25, 0.3) is 17.1 Å². The summed E-state index contributed by atoms with van der Waals surface area (Å²) in [7, 11) is 0. The van der Waals surface area contributed by atoms with Crippen molar-refractivity contribution in [3.05, 3.63) is 70.1 Å². The third kappa shape index (κ3) is 2.38. The lowest BCUT2D eigenvalue weighted by Crippen LogP contribution is -2.54. The molecule has 0 unspecified atom stereocenters. The maximum atomic E-state index is 13.5. The van der Waals surface area contributed by atoms with Crippen molar-refractivity contribution in [3.63, 3.8) is 0 Å². The predicted molar refractivity (Wildman–Crippen MR) is 114 cm³/mol. The molecule has 0 saturated carbocycles. The number of para-hydroxylation sites is 1. The molecule has 0 radical (unpaired) electrons. The first kappa shape index (κ1) is 18.2. The van der Waals surface area contributed by atoms with Crippen molar-refractivity contribution >= 4 is 40.1 Å².